The summed E-state index contributed by atoms with van der Waals surface area (Å²) in [5.74, 6) is 0.806. The monoisotopic (exact) mass is 391 g/mol. The number of pyridine rings is 1. The van der Waals surface area contributed by atoms with E-state index in [0.29, 0.717) is 17.2 Å². The molecule has 1 N–H and O–H groups in total. The van der Waals surface area contributed by atoms with Gasteiger partial charge in [-0.2, -0.15) is 5.26 Å². The second-order valence-electron chi connectivity index (χ2n) is 6.09. The molecule has 0 spiro atoms. The van der Waals surface area contributed by atoms with Gasteiger partial charge in [-0.05, 0) is 49.2 Å². The van der Waals surface area contributed by atoms with Crippen LogP contribution in [0.4, 0.5) is 5.69 Å². The zero-order chi connectivity index (χ0) is 19.9. The minimum atomic E-state index is -0.122. The highest BCUT2D eigenvalue weighted by Crippen LogP contribution is 2.27. The topological polar surface area (TPSA) is 75.0 Å². The fourth-order valence-electron chi connectivity index (χ4n) is 2.85. The third-order valence-electron chi connectivity index (χ3n) is 4.20. The van der Waals surface area contributed by atoms with Crippen molar-refractivity contribution in [3.05, 3.63) is 59.7 Å². The number of nitrogens with zero attached hydrogens (tertiary/aromatic N) is 2. The summed E-state index contributed by atoms with van der Waals surface area (Å²) in [6.07, 6.45) is 0.845. The molecule has 6 heteroatoms. The lowest BCUT2D eigenvalue weighted by Crippen LogP contribution is -2.15. The van der Waals surface area contributed by atoms with E-state index in [2.05, 4.69) is 23.3 Å². The Kier molecular flexibility index (Phi) is 6.51. The number of benzene rings is 2. The zero-order valence-electron chi connectivity index (χ0n) is 15.9. The number of ether oxygens (including phenoxy) is 1. The minimum absolute atomic E-state index is 0.122. The van der Waals surface area contributed by atoms with Crippen LogP contribution >= 0.6 is 11.8 Å². The molecule has 142 valence electrons. The number of carbonyl (C=O) groups excluding carboxylic acids is 1. The number of para-hydroxylation sites is 1. The van der Waals surface area contributed by atoms with Crippen LogP contribution in [0.25, 0.3) is 10.9 Å². The van der Waals surface area contributed by atoms with Gasteiger partial charge in [-0.15, -0.1) is 0 Å². The van der Waals surface area contributed by atoms with Gasteiger partial charge >= 0.3 is 0 Å². The SMILES string of the molecule is CCOc1ccc2nc(SCC(=O)Nc3ccccc3CC)c(C#N)cc2c1. The molecule has 0 aliphatic rings. The molecule has 2 aromatic carbocycles. The summed E-state index contributed by atoms with van der Waals surface area (Å²) in [7, 11) is 0. The number of anilines is 1. The number of aryl methyl sites for hydroxylation is 1. The van der Waals surface area contributed by atoms with Crippen LogP contribution in [0.1, 0.15) is 25.0 Å². The summed E-state index contributed by atoms with van der Waals surface area (Å²) in [5, 5.41) is 13.8. The van der Waals surface area contributed by atoms with Gasteiger partial charge in [0, 0.05) is 11.1 Å². The minimum Gasteiger partial charge on any atom is -0.494 e. The molecular formula is C22H21N3O2S. The van der Waals surface area contributed by atoms with Crippen molar-refractivity contribution in [2.75, 3.05) is 17.7 Å². The van der Waals surface area contributed by atoms with Crippen LogP contribution in [-0.4, -0.2) is 23.3 Å². The maximum Gasteiger partial charge on any atom is 0.234 e. The maximum absolute atomic E-state index is 12.4. The van der Waals surface area contributed by atoms with Gasteiger partial charge in [0.05, 0.1) is 23.4 Å². The van der Waals surface area contributed by atoms with E-state index in [1.165, 1.54) is 11.8 Å². The lowest BCUT2D eigenvalue weighted by Gasteiger charge is -2.10. The number of rotatable bonds is 7. The van der Waals surface area contributed by atoms with Gasteiger partial charge in [0.25, 0.3) is 0 Å². The Morgan fingerprint density at radius 1 is 1.21 bits per heavy atom. The number of nitriles is 1. The van der Waals surface area contributed by atoms with Crippen molar-refractivity contribution in [3.63, 3.8) is 0 Å². The smallest absolute Gasteiger partial charge is 0.234 e. The summed E-state index contributed by atoms with van der Waals surface area (Å²) >= 11 is 1.26. The number of fused-ring (bicyclic) bond motifs is 1. The lowest BCUT2D eigenvalue weighted by molar-refractivity contribution is -0.113. The summed E-state index contributed by atoms with van der Waals surface area (Å²) in [4.78, 5) is 16.9. The highest BCUT2D eigenvalue weighted by molar-refractivity contribution is 8.00. The summed E-state index contributed by atoms with van der Waals surface area (Å²) < 4.78 is 5.50. The molecule has 0 fully saturated rings. The number of nitrogens with one attached hydrogen (secondary N) is 1. The van der Waals surface area contributed by atoms with E-state index < -0.39 is 0 Å². The molecular weight excluding hydrogens is 370 g/mol. The van der Waals surface area contributed by atoms with Crippen molar-refractivity contribution in [2.24, 2.45) is 0 Å². The van der Waals surface area contributed by atoms with Gasteiger partial charge in [0.1, 0.15) is 16.8 Å². The summed E-state index contributed by atoms with van der Waals surface area (Å²) in [5.41, 5.74) is 3.13. The molecule has 0 bridgehead atoms. The van der Waals surface area contributed by atoms with E-state index in [-0.39, 0.29) is 11.7 Å². The number of aromatic nitrogens is 1. The Hall–Kier alpha value is -3.04. The highest BCUT2D eigenvalue weighted by Gasteiger charge is 2.12. The van der Waals surface area contributed by atoms with E-state index >= 15 is 0 Å². The van der Waals surface area contributed by atoms with Gasteiger partial charge in [0.15, 0.2) is 0 Å². The van der Waals surface area contributed by atoms with Crippen LogP contribution in [0.15, 0.2) is 53.6 Å². The second-order valence-corrected chi connectivity index (χ2v) is 7.05. The zero-order valence-corrected chi connectivity index (χ0v) is 16.7. The van der Waals surface area contributed by atoms with E-state index in [0.717, 1.165) is 34.3 Å². The first kappa shape index (κ1) is 19.7. The number of carbonyl (C=O) groups is 1. The van der Waals surface area contributed by atoms with Crippen molar-refractivity contribution >= 4 is 34.3 Å². The van der Waals surface area contributed by atoms with Crippen LogP contribution in [-0.2, 0) is 11.2 Å². The predicted octanol–water partition coefficient (Wildman–Crippen LogP) is 4.80. The van der Waals surface area contributed by atoms with Crippen LogP contribution in [0, 0.1) is 11.3 Å². The molecule has 0 saturated heterocycles. The molecule has 1 aromatic heterocycles. The Balaban J connectivity index is 1.75. The lowest BCUT2D eigenvalue weighted by atomic mass is 10.1. The molecule has 3 rings (SSSR count). The van der Waals surface area contributed by atoms with Crippen LogP contribution in [0.2, 0.25) is 0 Å². The van der Waals surface area contributed by atoms with Crippen LogP contribution in [0.5, 0.6) is 5.75 Å². The molecule has 0 aliphatic carbocycles. The Bertz CT molecular complexity index is 1040. The van der Waals surface area contributed by atoms with E-state index in [1.54, 1.807) is 6.07 Å². The van der Waals surface area contributed by atoms with Gasteiger partial charge in [-0.1, -0.05) is 36.9 Å². The molecule has 1 amide bonds. The summed E-state index contributed by atoms with van der Waals surface area (Å²) in [6.45, 7) is 4.55. The van der Waals surface area contributed by atoms with E-state index in [9.17, 15) is 10.1 Å². The number of amides is 1. The molecule has 1 heterocycles. The van der Waals surface area contributed by atoms with Crippen molar-refractivity contribution in [1.82, 2.24) is 4.98 Å². The first-order chi connectivity index (χ1) is 13.6. The Labute approximate surface area is 168 Å². The molecule has 0 aliphatic heterocycles. The quantitative estimate of drug-likeness (QED) is 0.586. The fraction of sp³-hybridized carbons (Fsp3) is 0.227. The van der Waals surface area contributed by atoms with Gasteiger partial charge < -0.3 is 10.1 Å². The van der Waals surface area contributed by atoms with E-state index in [4.69, 9.17) is 4.74 Å². The molecule has 28 heavy (non-hydrogen) atoms. The Morgan fingerprint density at radius 3 is 2.79 bits per heavy atom. The van der Waals surface area contributed by atoms with Crippen molar-refractivity contribution in [2.45, 2.75) is 25.3 Å². The molecule has 5 nitrogen and oxygen atoms in total. The third kappa shape index (κ3) is 4.62. The highest BCUT2D eigenvalue weighted by atomic mass is 32.2. The molecule has 0 saturated carbocycles. The fourth-order valence-corrected chi connectivity index (χ4v) is 3.62. The first-order valence-corrected chi connectivity index (χ1v) is 10.1. The average Bonchev–Trinajstić information content (AvgIpc) is 2.72. The largest absolute Gasteiger partial charge is 0.494 e. The van der Waals surface area contributed by atoms with Gasteiger partial charge in [-0.3, -0.25) is 4.79 Å². The normalized spacial score (nSPS) is 10.5. The van der Waals surface area contributed by atoms with E-state index in [1.807, 2.05) is 49.4 Å². The van der Waals surface area contributed by atoms with Gasteiger partial charge in [-0.25, -0.2) is 4.98 Å². The summed E-state index contributed by atoms with van der Waals surface area (Å²) in [6, 6.07) is 17.3. The van der Waals surface area contributed by atoms with Crippen molar-refractivity contribution < 1.29 is 9.53 Å². The predicted molar refractivity (Wildman–Crippen MR) is 113 cm³/mol. The average molecular weight is 391 g/mol. The molecule has 0 atom stereocenters. The molecule has 0 radical (unpaired) electrons. The van der Waals surface area contributed by atoms with Crippen molar-refractivity contribution in [3.8, 4) is 11.8 Å². The number of hydrogen-bond acceptors (Lipinski definition) is 5. The maximum atomic E-state index is 12.4. The molecule has 0 unspecified atom stereocenters. The van der Waals surface area contributed by atoms with Gasteiger partial charge in [0.2, 0.25) is 5.91 Å². The number of thioether (sulfide) groups is 1. The van der Waals surface area contributed by atoms with Crippen LogP contribution < -0.4 is 10.1 Å². The standard InChI is InChI=1S/C22H21N3O2S/c1-3-15-7-5-6-8-19(15)24-21(26)14-28-22-17(13-23)11-16-12-18(27-4-2)9-10-20(16)25-22/h5-12H,3-4,14H2,1-2H3,(H,24,26). The second kappa shape index (κ2) is 9.25. The van der Waals surface area contributed by atoms with Crippen molar-refractivity contribution in [1.29, 1.82) is 5.26 Å². The molecule has 3 aromatic rings. The number of hydrogen-bond donors (Lipinski definition) is 1. The Morgan fingerprint density at radius 2 is 2.04 bits per heavy atom. The first-order valence-electron chi connectivity index (χ1n) is 9.12. The third-order valence-corrected chi connectivity index (χ3v) is 5.19. The van der Waals surface area contributed by atoms with Crippen LogP contribution in [0.3, 0.4) is 0 Å².